The number of nitrogens with zero attached hydrogens (tertiary/aromatic N) is 5. The monoisotopic (exact) mass is 565 g/mol. The predicted molar refractivity (Wildman–Crippen MR) is 162 cm³/mol. The molecule has 0 spiro atoms. The van der Waals surface area contributed by atoms with Gasteiger partial charge in [0.15, 0.2) is 5.82 Å². The van der Waals surface area contributed by atoms with E-state index < -0.39 is 20.3 Å². The van der Waals surface area contributed by atoms with Crippen LogP contribution >= 0.6 is 0 Å². The van der Waals surface area contributed by atoms with Gasteiger partial charge in [-0.1, -0.05) is 57.8 Å². The molecule has 0 aliphatic carbocycles. The molecule has 1 aliphatic rings. The number of nitrogens with one attached hydrogen (secondary N) is 1. The lowest BCUT2D eigenvalue weighted by Crippen LogP contribution is -2.41. The van der Waals surface area contributed by atoms with Gasteiger partial charge in [-0.3, -0.25) is 4.68 Å². The maximum absolute atomic E-state index is 10.3. The molecule has 3 heterocycles. The number of anilines is 1. The molecule has 9 nitrogen and oxygen atoms in total. The summed E-state index contributed by atoms with van der Waals surface area (Å²) in [5.74, 6) is 1.99. The smallest absolute Gasteiger partial charge is 0.162 e. The molecule has 0 amide bonds. The Morgan fingerprint density at radius 2 is 1.85 bits per heavy atom. The minimum atomic E-state index is -1.41. The SMILES string of the molecule is [CH2]C(O)C(Oc1cccc(-c2nc(NC3CCOCC3)c(C)c(-c3nnn(C[Si](C)(C)C)c3C)n2)c1)C(C)(C)C. The summed E-state index contributed by atoms with van der Waals surface area (Å²) < 4.78 is 13.8. The van der Waals surface area contributed by atoms with Crippen molar-refractivity contribution in [1.29, 1.82) is 0 Å². The second-order valence-electron chi connectivity index (χ2n) is 13.1. The van der Waals surface area contributed by atoms with E-state index in [4.69, 9.17) is 19.4 Å². The fourth-order valence-electron chi connectivity index (χ4n) is 4.92. The highest BCUT2D eigenvalue weighted by Gasteiger charge is 2.31. The highest BCUT2D eigenvalue weighted by Crippen LogP contribution is 2.33. The van der Waals surface area contributed by atoms with E-state index in [1.54, 1.807) is 0 Å². The van der Waals surface area contributed by atoms with Crippen LogP contribution in [0.25, 0.3) is 22.8 Å². The molecule has 2 atom stereocenters. The molecule has 3 aromatic rings. The first-order valence-corrected chi connectivity index (χ1v) is 17.9. The summed E-state index contributed by atoms with van der Waals surface area (Å²) in [5.41, 5.74) is 4.00. The van der Waals surface area contributed by atoms with Crippen LogP contribution in [0.1, 0.15) is 44.9 Å². The summed E-state index contributed by atoms with van der Waals surface area (Å²) in [5, 5.41) is 23.1. The van der Waals surface area contributed by atoms with Gasteiger partial charge in [-0.15, -0.1) is 5.10 Å². The summed E-state index contributed by atoms with van der Waals surface area (Å²) in [6.45, 7) is 22.4. The molecular formula is C30H45N6O3Si. The summed E-state index contributed by atoms with van der Waals surface area (Å²) in [6, 6.07) is 7.97. The number of aliphatic hydroxyl groups is 1. The van der Waals surface area contributed by atoms with Crippen molar-refractivity contribution in [3.63, 3.8) is 0 Å². The zero-order valence-electron chi connectivity index (χ0n) is 25.3. The largest absolute Gasteiger partial charge is 0.487 e. The fourth-order valence-corrected chi connectivity index (χ4v) is 6.12. The van der Waals surface area contributed by atoms with Gasteiger partial charge in [-0.2, -0.15) is 0 Å². The number of aliphatic hydroxyl groups excluding tert-OH is 1. The zero-order valence-corrected chi connectivity index (χ0v) is 26.3. The Balaban J connectivity index is 1.78. The first kappa shape index (κ1) is 30.1. The second kappa shape index (κ2) is 12.0. The van der Waals surface area contributed by atoms with Gasteiger partial charge in [-0.05, 0) is 45.7 Å². The van der Waals surface area contributed by atoms with Crippen LogP contribution in [0.2, 0.25) is 19.6 Å². The Morgan fingerprint density at radius 1 is 1.15 bits per heavy atom. The molecule has 2 aromatic heterocycles. The summed E-state index contributed by atoms with van der Waals surface area (Å²) in [7, 11) is -1.41. The predicted octanol–water partition coefficient (Wildman–Crippen LogP) is 5.48. The maximum Gasteiger partial charge on any atom is 0.162 e. The normalized spacial score (nSPS) is 16.6. The summed E-state index contributed by atoms with van der Waals surface area (Å²) in [6.07, 6.45) is 1.38. The van der Waals surface area contributed by atoms with Crippen molar-refractivity contribution in [1.82, 2.24) is 25.0 Å². The standard InChI is InChI=1S/C30H45N6O3Si/c1-19-25(26-20(2)36(35-34-26)18-40(7,8)9)32-29(33-28(19)31-23-13-15-38-16-14-23)22-11-10-12-24(17-22)39-27(21(3)37)30(4,5)6/h10-12,17,21,23,27,37H,3,13-16,18H2,1-2,4-9H3,(H,31,32,33). The average Bonchev–Trinajstić information content (AvgIpc) is 3.22. The lowest BCUT2D eigenvalue weighted by molar-refractivity contribution is -0.00481. The Hall–Kier alpha value is -2.82. The van der Waals surface area contributed by atoms with E-state index in [0.717, 1.165) is 66.2 Å². The molecular weight excluding hydrogens is 520 g/mol. The zero-order chi connectivity index (χ0) is 29.2. The van der Waals surface area contributed by atoms with Gasteiger partial charge in [0.2, 0.25) is 0 Å². The lowest BCUT2D eigenvalue weighted by atomic mass is 9.86. The van der Waals surface area contributed by atoms with E-state index in [9.17, 15) is 5.11 Å². The average molecular weight is 566 g/mol. The van der Waals surface area contributed by atoms with Gasteiger partial charge in [0.25, 0.3) is 0 Å². The second-order valence-corrected chi connectivity index (χ2v) is 18.6. The Bertz CT molecular complexity index is 1310. The quantitative estimate of drug-likeness (QED) is 0.329. The number of hydrogen-bond donors (Lipinski definition) is 2. The van der Waals surface area contributed by atoms with Crippen LogP contribution in [0.3, 0.4) is 0 Å². The van der Waals surface area contributed by atoms with Gasteiger partial charge in [-0.25, -0.2) is 9.97 Å². The third-order valence-corrected chi connectivity index (χ3v) is 8.35. The van der Waals surface area contributed by atoms with Crippen LogP contribution in [-0.2, 0) is 10.9 Å². The van der Waals surface area contributed by atoms with Crippen molar-refractivity contribution in [3.8, 4) is 28.5 Å². The van der Waals surface area contributed by atoms with Crippen LogP contribution in [0.5, 0.6) is 5.75 Å². The molecule has 1 saturated heterocycles. The van der Waals surface area contributed by atoms with Crippen molar-refractivity contribution in [2.75, 3.05) is 18.5 Å². The highest BCUT2D eigenvalue weighted by molar-refractivity contribution is 6.74. The van der Waals surface area contributed by atoms with Gasteiger partial charge in [0.05, 0.1) is 19.9 Å². The van der Waals surface area contributed by atoms with Crippen molar-refractivity contribution >= 4 is 13.9 Å². The highest BCUT2D eigenvalue weighted by atomic mass is 28.3. The van der Waals surface area contributed by atoms with Crippen molar-refractivity contribution in [2.45, 2.75) is 91.5 Å². The van der Waals surface area contributed by atoms with Gasteiger partial charge < -0.3 is 19.9 Å². The Morgan fingerprint density at radius 3 is 2.48 bits per heavy atom. The third-order valence-electron chi connectivity index (χ3n) is 7.10. The summed E-state index contributed by atoms with van der Waals surface area (Å²) in [4.78, 5) is 10.0. The van der Waals surface area contributed by atoms with E-state index in [1.807, 2.05) is 56.6 Å². The number of ether oxygens (including phenoxy) is 2. The first-order chi connectivity index (χ1) is 18.7. The van der Waals surface area contributed by atoms with E-state index in [0.29, 0.717) is 11.6 Å². The molecule has 2 N–H and O–H groups in total. The van der Waals surface area contributed by atoms with Crippen molar-refractivity contribution < 1.29 is 14.6 Å². The molecule has 0 bridgehead atoms. The molecule has 0 saturated carbocycles. The Labute approximate surface area is 239 Å². The Kier molecular flexibility index (Phi) is 9.01. The molecule has 1 radical (unpaired) electrons. The molecule has 217 valence electrons. The minimum Gasteiger partial charge on any atom is -0.487 e. The fraction of sp³-hybridized carbons (Fsp3) is 0.567. The number of rotatable bonds is 9. The van der Waals surface area contributed by atoms with Gasteiger partial charge in [0, 0.05) is 42.0 Å². The molecule has 40 heavy (non-hydrogen) atoms. The minimum absolute atomic E-state index is 0.271. The van der Waals surface area contributed by atoms with E-state index in [2.05, 4.69) is 49.1 Å². The van der Waals surface area contributed by atoms with Crippen LogP contribution in [0, 0.1) is 26.2 Å². The number of benzene rings is 1. The number of hydrogen-bond acceptors (Lipinski definition) is 8. The molecule has 1 fully saturated rings. The third kappa shape index (κ3) is 7.27. The van der Waals surface area contributed by atoms with Crippen molar-refractivity contribution in [2.24, 2.45) is 5.41 Å². The van der Waals surface area contributed by atoms with Crippen LogP contribution in [0.4, 0.5) is 5.82 Å². The van der Waals surface area contributed by atoms with Gasteiger partial charge >= 0.3 is 0 Å². The van der Waals surface area contributed by atoms with Crippen molar-refractivity contribution in [3.05, 3.63) is 42.4 Å². The molecule has 4 rings (SSSR count). The van der Waals surface area contributed by atoms with Crippen LogP contribution in [0.15, 0.2) is 24.3 Å². The van der Waals surface area contributed by atoms with E-state index in [-0.39, 0.29) is 11.5 Å². The molecule has 1 aliphatic heterocycles. The molecule has 10 heteroatoms. The topological polar surface area (TPSA) is 107 Å². The van der Waals surface area contributed by atoms with Crippen LogP contribution in [-0.4, -0.2) is 69.6 Å². The lowest BCUT2D eigenvalue weighted by Gasteiger charge is -2.33. The molecule has 2 unspecified atom stereocenters. The maximum atomic E-state index is 10.3. The van der Waals surface area contributed by atoms with Crippen LogP contribution < -0.4 is 10.1 Å². The molecule has 1 aromatic carbocycles. The van der Waals surface area contributed by atoms with E-state index in [1.165, 1.54) is 0 Å². The number of aromatic nitrogens is 5. The van der Waals surface area contributed by atoms with Gasteiger partial charge in [0.1, 0.15) is 29.1 Å². The first-order valence-electron chi connectivity index (χ1n) is 14.1. The summed E-state index contributed by atoms with van der Waals surface area (Å²) >= 11 is 0. The van der Waals surface area contributed by atoms with E-state index >= 15 is 0 Å².